The number of imide groups is 2. The molecule has 3 aromatic carbocycles. The Hall–Kier alpha value is -4.05. The van der Waals surface area contributed by atoms with Crippen LogP contribution in [0.15, 0.2) is 60.2 Å². The van der Waals surface area contributed by atoms with Gasteiger partial charge in [0.25, 0.3) is 17.7 Å². The number of carbonyl (C=O) groups excluding carboxylic acids is 4. The number of halogens is 3. The SMILES string of the molecule is Cc1ccc(NC(=O)COc2c(Cl)cc(/C=C3/C(=O)NC(=O)N(c4ccc(O)cc4)C3=O)cc2Cl)cc1Cl. The maximum Gasteiger partial charge on any atom is 0.335 e. The molecule has 0 atom stereocenters. The van der Waals surface area contributed by atoms with E-state index in [1.165, 1.54) is 42.5 Å². The third kappa shape index (κ3) is 5.91. The maximum absolute atomic E-state index is 13.0. The first-order valence-corrected chi connectivity index (χ1v) is 12.0. The van der Waals surface area contributed by atoms with Gasteiger partial charge in [-0.3, -0.25) is 19.7 Å². The number of anilines is 2. The molecule has 1 heterocycles. The van der Waals surface area contributed by atoms with E-state index >= 15 is 0 Å². The number of urea groups is 1. The van der Waals surface area contributed by atoms with Crippen LogP contribution >= 0.6 is 34.8 Å². The minimum absolute atomic E-state index is 0.0191. The molecule has 4 rings (SSSR count). The van der Waals surface area contributed by atoms with E-state index in [1.807, 2.05) is 6.92 Å². The molecule has 0 unspecified atom stereocenters. The number of barbiturate groups is 1. The van der Waals surface area contributed by atoms with Crippen LogP contribution in [0.4, 0.5) is 16.2 Å². The van der Waals surface area contributed by atoms with Crippen LogP contribution < -0.4 is 20.3 Å². The fourth-order valence-electron chi connectivity index (χ4n) is 3.47. The third-order valence-corrected chi connectivity index (χ3v) is 6.31. The molecule has 0 aliphatic carbocycles. The Morgan fingerprint density at radius 1 is 1.00 bits per heavy atom. The Morgan fingerprint density at radius 2 is 1.66 bits per heavy atom. The number of benzene rings is 3. The number of carbonyl (C=O) groups is 4. The predicted molar refractivity (Wildman–Crippen MR) is 144 cm³/mol. The number of hydrogen-bond acceptors (Lipinski definition) is 6. The Labute approximate surface area is 231 Å². The molecule has 0 aromatic heterocycles. The van der Waals surface area contributed by atoms with Crippen molar-refractivity contribution in [2.75, 3.05) is 16.8 Å². The molecule has 1 aliphatic rings. The molecule has 9 nitrogen and oxygen atoms in total. The van der Waals surface area contributed by atoms with Crippen LogP contribution in [-0.2, 0) is 14.4 Å². The number of nitrogens with zero attached hydrogens (tertiary/aromatic N) is 1. The number of phenolic OH excluding ortho intramolecular Hbond substituents is 1. The molecule has 1 saturated heterocycles. The summed E-state index contributed by atoms with van der Waals surface area (Å²) in [5.41, 5.74) is 1.42. The summed E-state index contributed by atoms with van der Waals surface area (Å²) in [5, 5.41) is 14.8. The first kappa shape index (κ1) is 27.0. The summed E-state index contributed by atoms with van der Waals surface area (Å²) >= 11 is 18.7. The van der Waals surface area contributed by atoms with Crippen molar-refractivity contribution in [1.29, 1.82) is 0 Å². The lowest BCUT2D eigenvalue weighted by molar-refractivity contribution is -0.122. The number of rotatable bonds is 6. The van der Waals surface area contributed by atoms with E-state index < -0.39 is 30.4 Å². The first-order chi connectivity index (χ1) is 18.0. The molecule has 3 aromatic rings. The van der Waals surface area contributed by atoms with Gasteiger partial charge >= 0.3 is 6.03 Å². The normalized spacial score (nSPS) is 14.5. The molecule has 3 N–H and O–H groups in total. The highest BCUT2D eigenvalue weighted by molar-refractivity contribution is 6.40. The Kier molecular flexibility index (Phi) is 7.91. The van der Waals surface area contributed by atoms with Crippen molar-refractivity contribution in [2.24, 2.45) is 0 Å². The number of nitrogens with one attached hydrogen (secondary N) is 2. The van der Waals surface area contributed by atoms with Gasteiger partial charge in [-0.05, 0) is 72.7 Å². The lowest BCUT2D eigenvalue weighted by atomic mass is 10.1. The number of ether oxygens (including phenoxy) is 1. The van der Waals surface area contributed by atoms with Crippen molar-refractivity contribution < 1.29 is 29.0 Å². The van der Waals surface area contributed by atoms with Crippen molar-refractivity contribution >= 4 is 76.0 Å². The van der Waals surface area contributed by atoms with Gasteiger partial charge in [0.15, 0.2) is 12.4 Å². The van der Waals surface area contributed by atoms with Crippen molar-refractivity contribution in [3.63, 3.8) is 0 Å². The molecule has 0 radical (unpaired) electrons. The highest BCUT2D eigenvalue weighted by Crippen LogP contribution is 2.35. The minimum Gasteiger partial charge on any atom is -0.508 e. The summed E-state index contributed by atoms with van der Waals surface area (Å²) in [4.78, 5) is 50.8. The smallest absolute Gasteiger partial charge is 0.335 e. The van der Waals surface area contributed by atoms with Gasteiger partial charge in [-0.15, -0.1) is 0 Å². The molecule has 5 amide bonds. The van der Waals surface area contributed by atoms with Crippen LogP contribution in [0.2, 0.25) is 15.1 Å². The zero-order chi connectivity index (χ0) is 27.6. The Morgan fingerprint density at radius 3 is 2.29 bits per heavy atom. The minimum atomic E-state index is -0.936. The second-order valence-corrected chi connectivity index (χ2v) is 9.31. The second-order valence-electron chi connectivity index (χ2n) is 8.09. The lowest BCUT2D eigenvalue weighted by Crippen LogP contribution is -2.54. The van der Waals surface area contributed by atoms with Gasteiger partial charge in [0.05, 0.1) is 15.7 Å². The van der Waals surface area contributed by atoms with E-state index in [2.05, 4.69) is 10.6 Å². The van der Waals surface area contributed by atoms with Crippen molar-refractivity contribution in [3.05, 3.63) is 86.4 Å². The Balaban J connectivity index is 1.51. The molecular formula is C26H18Cl3N3O6. The molecule has 1 fully saturated rings. The summed E-state index contributed by atoms with van der Waals surface area (Å²) in [5.74, 6) is -2.31. The number of aromatic hydroxyl groups is 1. The number of aryl methyl sites for hydroxylation is 1. The van der Waals surface area contributed by atoms with Crippen molar-refractivity contribution in [2.45, 2.75) is 6.92 Å². The second kappa shape index (κ2) is 11.1. The van der Waals surface area contributed by atoms with E-state index in [-0.39, 0.29) is 38.4 Å². The van der Waals surface area contributed by atoms with Crippen LogP contribution in [0, 0.1) is 6.92 Å². The zero-order valence-electron chi connectivity index (χ0n) is 19.6. The number of phenols is 1. The van der Waals surface area contributed by atoms with Crippen LogP contribution in [-0.4, -0.2) is 35.5 Å². The number of hydrogen-bond donors (Lipinski definition) is 3. The monoisotopic (exact) mass is 573 g/mol. The van der Waals surface area contributed by atoms with E-state index in [9.17, 15) is 24.3 Å². The van der Waals surface area contributed by atoms with Gasteiger partial charge < -0.3 is 15.2 Å². The molecule has 1 aliphatic heterocycles. The van der Waals surface area contributed by atoms with Gasteiger partial charge in [0.2, 0.25) is 0 Å². The van der Waals surface area contributed by atoms with Crippen LogP contribution in [0.3, 0.4) is 0 Å². The highest BCUT2D eigenvalue weighted by atomic mass is 35.5. The molecule has 0 spiro atoms. The van der Waals surface area contributed by atoms with Gasteiger partial charge in [0, 0.05) is 10.7 Å². The fourth-order valence-corrected chi connectivity index (χ4v) is 4.26. The number of amides is 5. The summed E-state index contributed by atoms with van der Waals surface area (Å²) in [6, 6.07) is 12.2. The maximum atomic E-state index is 13.0. The van der Waals surface area contributed by atoms with Gasteiger partial charge in [-0.25, -0.2) is 9.69 Å². The molecule has 38 heavy (non-hydrogen) atoms. The van der Waals surface area contributed by atoms with Crippen molar-refractivity contribution in [3.8, 4) is 11.5 Å². The molecular weight excluding hydrogens is 557 g/mol. The molecule has 0 saturated carbocycles. The highest BCUT2D eigenvalue weighted by Gasteiger charge is 2.36. The molecule has 194 valence electrons. The predicted octanol–water partition coefficient (Wildman–Crippen LogP) is 5.34. The van der Waals surface area contributed by atoms with E-state index in [4.69, 9.17) is 39.5 Å². The van der Waals surface area contributed by atoms with E-state index in [0.29, 0.717) is 10.7 Å². The summed E-state index contributed by atoms with van der Waals surface area (Å²) in [6.45, 7) is 1.43. The topological polar surface area (TPSA) is 125 Å². The molecule has 0 bridgehead atoms. The summed E-state index contributed by atoms with van der Waals surface area (Å²) < 4.78 is 5.49. The van der Waals surface area contributed by atoms with Gasteiger partial charge in [0.1, 0.15) is 11.3 Å². The zero-order valence-corrected chi connectivity index (χ0v) is 21.8. The third-order valence-electron chi connectivity index (χ3n) is 5.34. The average Bonchev–Trinajstić information content (AvgIpc) is 2.84. The Bertz CT molecular complexity index is 1480. The lowest BCUT2D eigenvalue weighted by Gasteiger charge is -2.26. The van der Waals surface area contributed by atoms with Crippen LogP contribution in [0.1, 0.15) is 11.1 Å². The van der Waals surface area contributed by atoms with E-state index in [1.54, 1.807) is 18.2 Å². The molecule has 12 heteroatoms. The van der Waals surface area contributed by atoms with Gasteiger partial charge in [-0.1, -0.05) is 40.9 Å². The van der Waals surface area contributed by atoms with Gasteiger partial charge in [-0.2, -0.15) is 0 Å². The van der Waals surface area contributed by atoms with Crippen molar-refractivity contribution in [1.82, 2.24) is 5.32 Å². The van der Waals surface area contributed by atoms with E-state index in [0.717, 1.165) is 10.5 Å². The first-order valence-electron chi connectivity index (χ1n) is 10.9. The summed E-state index contributed by atoms with van der Waals surface area (Å²) in [7, 11) is 0. The summed E-state index contributed by atoms with van der Waals surface area (Å²) in [6.07, 6.45) is 1.22. The largest absolute Gasteiger partial charge is 0.508 e. The van der Waals surface area contributed by atoms with Crippen LogP contribution in [0.5, 0.6) is 11.5 Å². The standard InChI is InChI=1S/C26H18Cl3N3O6/c1-13-2-3-15(11-19(13)27)30-22(34)12-38-23-20(28)9-14(10-21(23)29)8-18-24(35)31-26(37)32(25(18)36)16-4-6-17(33)7-5-16/h2-11,33H,12H2,1H3,(H,30,34)(H,31,35,37)/b18-8-. The quantitative estimate of drug-likeness (QED) is 0.269. The van der Waals surface area contributed by atoms with Crippen LogP contribution in [0.25, 0.3) is 6.08 Å². The average molecular weight is 575 g/mol. The fraction of sp³-hybridized carbons (Fsp3) is 0.0769.